The number of ketones is 1. The molecule has 0 unspecified atom stereocenters. The molecule has 4 aromatic rings. The number of Topliss-reactive ketones (excluding diaryl/α,β-unsaturated/α-hetero) is 1. The Balaban J connectivity index is 2.00. The number of nitrogens with one attached hydrogen (secondary N) is 1. The number of anilines is 2. The lowest BCUT2D eigenvalue weighted by Crippen LogP contribution is -2.28. The van der Waals surface area contributed by atoms with Crippen molar-refractivity contribution in [1.82, 2.24) is 14.8 Å². The van der Waals surface area contributed by atoms with Crippen molar-refractivity contribution in [3.05, 3.63) is 81.7 Å². The lowest BCUT2D eigenvalue weighted by atomic mass is 10.0. The van der Waals surface area contributed by atoms with E-state index >= 15 is 0 Å². The number of carbonyl (C=O) groups excluding carboxylic acids is 1. The first kappa shape index (κ1) is 19.8. The van der Waals surface area contributed by atoms with Gasteiger partial charge in [0.25, 0.3) is 5.56 Å². The highest BCUT2D eigenvalue weighted by Crippen LogP contribution is 2.31. The molecule has 0 aliphatic heterocycles. The Hall–Kier alpha value is -3.51. The predicted molar refractivity (Wildman–Crippen MR) is 120 cm³/mol. The van der Waals surface area contributed by atoms with Gasteiger partial charge in [-0.05, 0) is 50.2 Å². The first-order chi connectivity index (χ1) is 14.5. The summed E-state index contributed by atoms with van der Waals surface area (Å²) in [5.74, 6) is -0.265. The zero-order chi connectivity index (χ0) is 21.3. The first-order valence-corrected chi connectivity index (χ1v) is 9.90. The second-order valence-corrected chi connectivity index (χ2v) is 7.22. The molecule has 0 atom stereocenters. The minimum Gasteiger partial charge on any atom is -0.350 e. The number of carbonyl (C=O) groups is 1. The maximum absolute atomic E-state index is 13.2. The summed E-state index contributed by atoms with van der Waals surface area (Å²) in [6, 6.07) is 16.4. The van der Waals surface area contributed by atoms with E-state index in [2.05, 4.69) is 15.4 Å². The van der Waals surface area contributed by atoms with Crippen LogP contribution in [0.3, 0.4) is 0 Å². The third-order valence-electron chi connectivity index (χ3n) is 4.81. The summed E-state index contributed by atoms with van der Waals surface area (Å²) in [5, 5.41) is 9.02. The molecular weight excluding hydrogens is 400 g/mol. The van der Waals surface area contributed by atoms with Crippen LogP contribution in [0, 0.1) is 0 Å². The molecule has 0 amide bonds. The summed E-state index contributed by atoms with van der Waals surface area (Å²) in [7, 11) is 0. The number of benzene rings is 2. The number of hydrogen-bond donors (Lipinski definition) is 1. The van der Waals surface area contributed by atoms with Crippen molar-refractivity contribution in [3.63, 3.8) is 0 Å². The average molecular weight is 419 g/mol. The Morgan fingerprint density at radius 2 is 1.93 bits per heavy atom. The van der Waals surface area contributed by atoms with Gasteiger partial charge in [-0.15, -0.1) is 0 Å². The molecule has 0 aliphatic carbocycles. The lowest BCUT2D eigenvalue weighted by molar-refractivity contribution is 0.101. The molecule has 6 nitrogen and oxygen atoms in total. The second kappa shape index (κ2) is 8.08. The molecule has 0 bridgehead atoms. The Kier molecular flexibility index (Phi) is 5.33. The van der Waals surface area contributed by atoms with Crippen molar-refractivity contribution in [2.24, 2.45) is 0 Å². The van der Waals surface area contributed by atoms with Crippen molar-refractivity contribution < 1.29 is 4.79 Å². The molecule has 0 radical (unpaired) electrons. The van der Waals surface area contributed by atoms with Gasteiger partial charge in [0.2, 0.25) is 0 Å². The van der Waals surface area contributed by atoms with E-state index < -0.39 is 0 Å². The molecule has 0 saturated heterocycles. The predicted octanol–water partition coefficient (Wildman–Crippen LogP) is 5.08. The van der Waals surface area contributed by atoms with Gasteiger partial charge >= 0.3 is 0 Å². The normalized spacial score (nSPS) is 10.9. The van der Waals surface area contributed by atoms with E-state index in [1.165, 1.54) is 11.6 Å². The maximum Gasteiger partial charge on any atom is 0.291 e. The van der Waals surface area contributed by atoms with Gasteiger partial charge in [0, 0.05) is 34.4 Å². The Labute approximate surface area is 178 Å². The van der Waals surface area contributed by atoms with Crippen LogP contribution in [0.4, 0.5) is 11.4 Å². The number of nitrogens with zero attached hydrogens (tertiary/aromatic N) is 3. The average Bonchev–Trinajstić information content (AvgIpc) is 2.75. The van der Waals surface area contributed by atoms with Crippen LogP contribution < -0.4 is 10.9 Å². The summed E-state index contributed by atoms with van der Waals surface area (Å²) >= 11 is 6.16. The molecule has 7 heteroatoms. The van der Waals surface area contributed by atoms with Gasteiger partial charge in [-0.25, -0.2) is 4.68 Å². The Morgan fingerprint density at radius 3 is 2.67 bits per heavy atom. The van der Waals surface area contributed by atoms with Crippen molar-refractivity contribution in [2.75, 3.05) is 5.32 Å². The summed E-state index contributed by atoms with van der Waals surface area (Å²) in [4.78, 5) is 30.2. The monoisotopic (exact) mass is 418 g/mol. The molecule has 2 aromatic carbocycles. The molecular formula is C23H19ClN4O2. The standard InChI is InChI=1S/C23H19ClN4O2/c1-3-28-23(30)22(26-19-11-5-10-18-17(19)9-6-12-25-18)20(14(2)29)21(27-28)15-7-4-8-16(24)13-15/h4-13,26H,3H2,1-2H3. The van der Waals surface area contributed by atoms with Crippen molar-refractivity contribution in [2.45, 2.75) is 20.4 Å². The van der Waals surface area contributed by atoms with E-state index in [1.54, 1.807) is 24.4 Å². The molecule has 4 rings (SSSR count). The number of hydrogen-bond acceptors (Lipinski definition) is 5. The number of halogens is 1. The lowest BCUT2D eigenvalue weighted by Gasteiger charge is -2.17. The van der Waals surface area contributed by atoms with Gasteiger partial charge in [-0.1, -0.05) is 29.8 Å². The van der Waals surface area contributed by atoms with E-state index in [0.717, 1.165) is 10.9 Å². The van der Waals surface area contributed by atoms with Crippen LogP contribution in [0.15, 0.2) is 65.6 Å². The summed E-state index contributed by atoms with van der Waals surface area (Å²) in [5.41, 5.74) is 2.59. The number of rotatable bonds is 5. The van der Waals surface area contributed by atoms with Crippen LogP contribution in [0.5, 0.6) is 0 Å². The Morgan fingerprint density at radius 1 is 1.13 bits per heavy atom. The van der Waals surface area contributed by atoms with Gasteiger partial charge in [0.15, 0.2) is 5.78 Å². The van der Waals surface area contributed by atoms with E-state index in [0.29, 0.717) is 28.5 Å². The largest absolute Gasteiger partial charge is 0.350 e. The highest BCUT2D eigenvalue weighted by atomic mass is 35.5. The number of fused-ring (bicyclic) bond motifs is 1. The van der Waals surface area contributed by atoms with Gasteiger partial charge in [-0.3, -0.25) is 14.6 Å². The van der Waals surface area contributed by atoms with Crippen molar-refractivity contribution in [3.8, 4) is 11.3 Å². The third kappa shape index (κ3) is 3.57. The summed E-state index contributed by atoms with van der Waals surface area (Å²) < 4.78 is 1.34. The van der Waals surface area contributed by atoms with Crippen LogP contribution in [0.1, 0.15) is 24.2 Å². The Bertz CT molecular complexity index is 1330. The maximum atomic E-state index is 13.2. The molecule has 2 aromatic heterocycles. The number of pyridine rings is 1. The fourth-order valence-electron chi connectivity index (χ4n) is 3.43. The minimum atomic E-state index is -0.366. The number of aromatic nitrogens is 3. The van der Waals surface area contributed by atoms with Gasteiger partial charge < -0.3 is 5.32 Å². The first-order valence-electron chi connectivity index (χ1n) is 9.52. The molecule has 0 spiro atoms. The summed E-state index contributed by atoms with van der Waals surface area (Å²) in [6.07, 6.45) is 1.71. The SMILES string of the molecule is CCn1nc(-c2cccc(Cl)c2)c(C(C)=O)c(Nc2cccc3ncccc23)c1=O. The van der Waals surface area contributed by atoms with Crippen LogP contribution >= 0.6 is 11.6 Å². The zero-order valence-electron chi connectivity index (χ0n) is 16.5. The quantitative estimate of drug-likeness (QED) is 0.457. The second-order valence-electron chi connectivity index (χ2n) is 6.79. The molecule has 1 N–H and O–H groups in total. The van der Waals surface area contributed by atoms with E-state index in [4.69, 9.17) is 11.6 Å². The zero-order valence-corrected chi connectivity index (χ0v) is 17.3. The molecule has 150 valence electrons. The minimum absolute atomic E-state index is 0.186. The van der Waals surface area contributed by atoms with E-state index in [-0.39, 0.29) is 22.6 Å². The topological polar surface area (TPSA) is 76.9 Å². The molecule has 0 fully saturated rings. The van der Waals surface area contributed by atoms with Crippen molar-refractivity contribution in [1.29, 1.82) is 0 Å². The fraction of sp³-hybridized carbons (Fsp3) is 0.130. The van der Waals surface area contributed by atoms with E-state index in [9.17, 15) is 9.59 Å². The highest BCUT2D eigenvalue weighted by Gasteiger charge is 2.22. The molecule has 30 heavy (non-hydrogen) atoms. The molecule has 0 aliphatic rings. The van der Waals surface area contributed by atoms with Crippen LogP contribution in [-0.2, 0) is 6.54 Å². The summed E-state index contributed by atoms with van der Waals surface area (Å²) in [6.45, 7) is 3.61. The highest BCUT2D eigenvalue weighted by molar-refractivity contribution is 6.30. The molecule has 2 heterocycles. The van der Waals surface area contributed by atoms with Crippen molar-refractivity contribution >= 4 is 39.7 Å². The smallest absolute Gasteiger partial charge is 0.291 e. The molecule has 0 saturated carbocycles. The van der Waals surface area contributed by atoms with Gasteiger partial charge in [0.1, 0.15) is 11.4 Å². The van der Waals surface area contributed by atoms with Crippen LogP contribution in [-0.4, -0.2) is 20.5 Å². The van der Waals surface area contributed by atoms with Gasteiger partial charge in [-0.2, -0.15) is 5.10 Å². The third-order valence-corrected chi connectivity index (χ3v) is 5.05. The van der Waals surface area contributed by atoms with Crippen LogP contribution in [0.2, 0.25) is 5.02 Å². The number of aryl methyl sites for hydroxylation is 1. The fourth-order valence-corrected chi connectivity index (χ4v) is 3.62. The van der Waals surface area contributed by atoms with Crippen LogP contribution in [0.25, 0.3) is 22.2 Å². The van der Waals surface area contributed by atoms with E-state index in [1.807, 2.05) is 43.3 Å². The van der Waals surface area contributed by atoms with Gasteiger partial charge in [0.05, 0.1) is 11.1 Å².